The van der Waals surface area contributed by atoms with E-state index in [-0.39, 0.29) is 6.23 Å². The second-order valence-corrected chi connectivity index (χ2v) is 5.09. The van der Waals surface area contributed by atoms with Crippen LogP contribution in [0.4, 0.5) is 0 Å². The van der Waals surface area contributed by atoms with Crippen molar-refractivity contribution in [2.75, 3.05) is 32.7 Å². The number of nitrogens with zero attached hydrogens (tertiary/aromatic N) is 2. The van der Waals surface area contributed by atoms with Crippen molar-refractivity contribution >= 4 is 0 Å². The number of hydrogen-bond acceptors (Lipinski definition) is 2. The Hall–Kier alpha value is -0.900. The molecule has 0 amide bonds. The first-order valence-corrected chi connectivity index (χ1v) is 6.09. The molecular formula is C13H19N2O+. The molecule has 0 aromatic heterocycles. The van der Waals surface area contributed by atoms with Crippen LogP contribution in [0.15, 0.2) is 30.3 Å². The Morgan fingerprint density at radius 3 is 2.50 bits per heavy atom. The Balaban J connectivity index is 1.82. The lowest BCUT2D eigenvalue weighted by atomic mass is 10.1. The molecule has 1 unspecified atom stereocenters. The third-order valence-electron chi connectivity index (χ3n) is 4.12. The average Bonchev–Trinajstić information content (AvgIpc) is 2.32. The van der Waals surface area contributed by atoms with Gasteiger partial charge >= 0.3 is 0 Å². The normalized spacial score (nSPS) is 37.6. The summed E-state index contributed by atoms with van der Waals surface area (Å²) >= 11 is 0. The second-order valence-electron chi connectivity index (χ2n) is 5.09. The van der Waals surface area contributed by atoms with E-state index >= 15 is 0 Å². The molecule has 0 radical (unpaired) electrons. The van der Waals surface area contributed by atoms with Crippen molar-refractivity contribution in [1.29, 1.82) is 0 Å². The van der Waals surface area contributed by atoms with Gasteiger partial charge in [-0.05, 0) is 0 Å². The number of aliphatic hydroxyl groups is 1. The van der Waals surface area contributed by atoms with E-state index in [0.717, 1.165) is 43.8 Å². The van der Waals surface area contributed by atoms with Gasteiger partial charge in [-0.3, -0.25) is 9.38 Å². The zero-order valence-corrected chi connectivity index (χ0v) is 9.55. The van der Waals surface area contributed by atoms with E-state index in [9.17, 15) is 5.11 Å². The summed E-state index contributed by atoms with van der Waals surface area (Å²) in [7, 11) is 0. The van der Waals surface area contributed by atoms with Crippen molar-refractivity contribution in [3.05, 3.63) is 35.9 Å². The van der Waals surface area contributed by atoms with Gasteiger partial charge in [-0.15, -0.1) is 0 Å². The predicted molar refractivity (Wildman–Crippen MR) is 62.6 cm³/mol. The monoisotopic (exact) mass is 219 g/mol. The number of benzene rings is 1. The fourth-order valence-electron chi connectivity index (χ4n) is 3.00. The molecule has 1 aromatic rings. The number of hydrogen-bond donors (Lipinski definition) is 1. The highest BCUT2D eigenvalue weighted by Crippen LogP contribution is 2.27. The molecule has 3 aliphatic rings. The molecule has 1 atom stereocenters. The van der Waals surface area contributed by atoms with E-state index in [1.54, 1.807) is 0 Å². The largest absolute Gasteiger partial charge is 0.344 e. The van der Waals surface area contributed by atoms with Gasteiger partial charge in [-0.25, -0.2) is 0 Å². The number of quaternary nitrogens is 1. The van der Waals surface area contributed by atoms with E-state index in [4.69, 9.17) is 0 Å². The Morgan fingerprint density at radius 1 is 1.19 bits per heavy atom. The number of rotatable bonds is 2. The van der Waals surface area contributed by atoms with Crippen molar-refractivity contribution in [1.82, 2.24) is 4.90 Å². The molecule has 3 fully saturated rings. The molecule has 86 valence electrons. The van der Waals surface area contributed by atoms with Crippen molar-refractivity contribution < 1.29 is 9.59 Å². The second kappa shape index (κ2) is 3.84. The van der Waals surface area contributed by atoms with E-state index < -0.39 is 0 Å². The Morgan fingerprint density at radius 2 is 1.88 bits per heavy atom. The summed E-state index contributed by atoms with van der Waals surface area (Å²) in [6, 6.07) is 10.6. The molecule has 3 saturated heterocycles. The molecule has 4 rings (SSSR count). The molecule has 1 aromatic carbocycles. The molecule has 16 heavy (non-hydrogen) atoms. The highest BCUT2D eigenvalue weighted by atomic mass is 16.3. The first-order chi connectivity index (χ1) is 7.78. The van der Waals surface area contributed by atoms with Crippen LogP contribution in [-0.2, 0) is 6.54 Å². The third kappa shape index (κ3) is 1.65. The lowest BCUT2D eigenvalue weighted by Gasteiger charge is -2.53. The summed E-state index contributed by atoms with van der Waals surface area (Å²) < 4.78 is 0.876. The van der Waals surface area contributed by atoms with Crippen LogP contribution in [0, 0.1) is 0 Å². The molecule has 3 aliphatic heterocycles. The highest BCUT2D eigenvalue weighted by Gasteiger charge is 2.45. The van der Waals surface area contributed by atoms with Crippen LogP contribution < -0.4 is 0 Å². The van der Waals surface area contributed by atoms with Gasteiger partial charge in [0.1, 0.15) is 6.54 Å². The minimum atomic E-state index is -0.192. The van der Waals surface area contributed by atoms with Gasteiger partial charge in [0, 0.05) is 18.7 Å². The van der Waals surface area contributed by atoms with Crippen LogP contribution >= 0.6 is 0 Å². The fourth-order valence-corrected chi connectivity index (χ4v) is 3.00. The summed E-state index contributed by atoms with van der Waals surface area (Å²) in [5, 5.41) is 10.2. The SMILES string of the molecule is OC1CN2CC[N+]1(Cc1ccccc1)CC2. The number of piperazine rings is 3. The van der Waals surface area contributed by atoms with Gasteiger partial charge in [0.25, 0.3) is 0 Å². The van der Waals surface area contributed by atoms with Crippen LogP contribution in [0.5, 0.6) is 0 Å². The molecule has 0 spiro atoms. The fraction of sp³-hybridized carbons (Fsp3) is 0.538. The van der Waals surface area contributed by atoms with Gasteiger partial charge in [-0.1, -0.05) is 30.3 Å². The van der Waals surface area contributed by atoms with Crippen LogP contribution in [0.3, 0.4) is 0 Å². The molecule has 0 aliphatic carbocycles. The molecule has 3 nitrogen and oxygen atoms in total. The first-order valence-electron chi connectivity index (χ1n) is 6.09. The van der Waals surface area contributed by atoms with Gasteiger partial charge in [0.2, 0.25) is 6.23 Å². The Kier molecular flexibility index (Phi) is 2.46. The van der Waals surface area contributed by atoms with E-state index in [0.29, 0.717) is 0 Å². The Labute approximate surface area is 96.5 Å². The minimum Gasteiger partial charge on any atom is -0.344 e. The molecule has 1 N–H and O–H groups in total. The summed E-state index contributed by atoms with van der Waals surface area (Å²) in [6.45, 7) is 6.31. The van der Waals surface area contributed by atoms with Gasteiger partial charge < -0.3 is 5.11 Å². The van der Waals surface area contributed by atoms with Gasteiger partial charge in [0.15, 0.2) is 0 Å². The number of fused-ring (bicyclic) bond motifs is 3. The quantitative estimate of drug-likeness (QED) is 0.738. The zero-order chi connectivity index (χ0) is 11.0. The van der Waals surface area contributed by atoms with E-state index in [2.05, 4.69) is 29.2 Å². The smallest absolute Gasteiger partial charge is 0.203 e. The predicted octanol–water partition coefficient (Wildman–Crippen LogP) is 0.651. The molecule has 3 heterocycles. The van der Waals surface area contributed by atoms with Crippen molar-refractivity contribution in [3.63, 3.8) is 0 Å². The standard InChI is InChI=1S/C13H19N2O/c16-13-10-14-6-8-15(13,9-7-14)11-12-4-2-1-3-5-12/h1-5,13,16H,6-11H2/q+1. The van der Waals surface area contributed by atoms with E-state index in [1.165, 1.54) is 5.56 Å². The minimum absolute atomic E-state index is 0.192. The molecule has 3 heteroatoms. The lowest BCUT2D eigenvalue weighted by molar-refractivity contribution is -0.995. The third-order valence-corrected chi connectivity index (χ3v) is 4.12. The van der Waals surface area contributed by atoms with Crippen molar-refractivity contribution in [3.8, 4) is 0 Å². The zero-order valence-electron chi connectivity index (χ0n) is 9.55. The van der Waals surface area contributed by atoms with Crippen LogP contribution in [-0.4, -0.2) is 53.4 Å². The number of aliphatic hydroxyl groups excluding tert-OH is 1. The van der Waals surface area contributed by atoms with Crippen LogP contribution in [0.25, 0.3) is 0 Å². The van der Waals surface area contributed by atoms with Gasteiger partial charge in [-0.2, -0.15) is 0 Å². The maximum absolute atomic E-state index is 10.2. The summed E-state index contributed by atoms with van der Waals surface area (Å²) in [4.78, 5) is 2.37. The molecule has 0 saturated carbocycles. The maximum atomic E-state index is 10.2. The van der Waals surface area contributed by atoms with Gasteiger partial charge in [0.05, 0.1) is 19.6 Å². The molecular weight excluding hydrogens is 200 g/mol. The Bertz CT molecular complexity index is 357. The maximum Gasteiger partial charge on any atom is 0.203 e. The topological polar surface area (TPSA) is 23.5 Å². The summed E-state index contributed by atoms with van der Waals surface area (Å²) in [6.07, 6.45) is -0.192. The summed E-state index contributed by atoms with van der Waals surface area (Å²) in [5.74, 6) is 0. The van der Waals surface area contributed by atoms with Crippen LogP contribution in [0.1, 0.15) is 5.56 Å². The summed E-state index contributed by atoms with van der Waals surface area (Å²) in [5.41, 5.74) is 1.34. The highest BCUT2D eigenvalue weighted by molar-refractivity contribution is 5.13. The van der Waals surface area contributed by atoms with Crippen molar-refractivity contribution in [2.45, 2.75) is 12.8 Å². The van der Waals surface area contributed by atoms with Crippen molar-refractivity contribution in [2.24, 2.45) is 0 Å². The first kappa shape index (κ1) is 10.3. The van der Waals surface area contributed by atoms with E-state index in [1.807, 2.05) is 6.07 Å². The average molecular weight is 219 g/mol. The molecule has 2 bridgehead atoms. The van der Waals surface area contributed by atoms with Crippen LogP contribution in [0.2, 0.25) is 0 Å². The lowest BCUT2D eigenvalue weighted by Crippen LogP contribution is -2.71.